The van der Waals surface area contributed by atoms with Crippen molar-refractivity contribution < 1.29 is 8.78 Å². The first-order chi connectivity index (χ1) is 7.72. The topological polar surface area (TPSA) is 12.0 Å². The summed E-state index contributed by atoms with van der Waals surface area (Å²) in [5.41, 5.74) is 0.580. The molecule has 88 valence electrons. The fraction of sp³-hybridized carbons (Fsp3) is 0.500. The van der Waals surface area contributed by atoms with Gasteiger partial charge in [0, 0.05) is 17.7 Å². The third-order valence-electron chi connectivity index (χ3n) is 3.04. The molecule has 2 unspecified atom stereocenters. The van der Waals surface area contributed by atoms with Crippen molar-refractivity contribution >= 4 is 11.8 Å². The Morgan fingerprint density at radius 2 is 2.25 bits per heavy atom. The molecule has 1 aromatic carbocycles. The molecular formula is C12H15F2NS. The van der Waals surface area contributed by atoms with E-state index in [0.29, 0.717) is 11.5 Å². The van der Waals surface area contributed by atoms with Gasteiger partial charge in [-0.3, -0.25) is 0 Å². The number of rotatable bonds is 3. The number of nitrogens with one attached hydrogen (secondary N) is 1. The lowest BCUT2D eigenvalue weighted by Crippen LogP contribution is -2.26. The van der Waals surface area contributed by atoms with Gasteiger partial charge in [0.15, 0.2) is 0 Å². The first kappa shape index (κ1) is 11.9. The predicted molar refractivity (Wildman–Crippen MR) is 63.6 cm³/mol. The van der Waals surface area contributed by atoms with Gasteiger partial charge in [0.2, 0.25) is 0 Å². The zero-order valence-corrected chi connectivity index (χ0v) is 9.99. The van der Waals surface area contributed by atoms with Gasteiger partial charge in [0.25, 0.3) is 0 Å². The first-order valence-corrected chi connectivity index (χ1v) is 6.58. The molecule has 1 aliphatic heterocycles. The molecule has 0 radical (unpaired) electrons. The van der Waals surface area contributed by atoms with Crippen LogP contribution in [0.5, 0.6) is 0 Å². The Hall–Kier alpha value is -0.610. The summed E-state index contributed by atoms with van der Waals surface area (Å²) >= 11 is 1.89. The highest BCUT2D eigenvalue weighted by Gasteiger charge is 2.27. The van der Waals surface area contributed by atoms with Crippen molar-refractivity contribution in [1.29, 1.82) is 0 Å². The van der Waals surface area contributed by atoms with Gasteiger partial charge in [-0.25, -0.2) is 8.78 Å². The minimum Gasteiger partial charge on any atom is -0.313 e. The molecule has 1 aromatic rings. The molecule has 0 bridgehead atoms. The Morgan fingerprint density at radius 3 is 2.81 bits per heavy atom. The molecule has 1 heterocycles. The van der Waals surface area contributed by atoms with Crippen molar-refractivity contribution in [2.75, 3.05) is 18.6 Å². The highest BCUT2D eigenvalue weighted by atomic mass is 32.2. The van der Waals surface area contributed by atoms with E-state index in [2.05, 4.69) is 5.32 Å². The Kier molecular flexibility index (Phi) is 3.82. The zero-order valence-electron chi connectivity index (χ0n) is 9.17. The maximum atomic E-state index is 13.7. The van der Waals surface area contributed by atoms with Crippen LogP contribution in [0.1, 0.15) is 18.0 Å². The molecule has 0 saturated carbocycles. The van der Waals surface area contributed by atoms with Gasteiger partial charge < -0.3 is 5.32 Å². The molecule has 1 saturated heterocycles. The van der Waals surface area contributed by atoms with Crippen molar-refractivity contribution in [3.8, 4) is 0 Å². The summed E-state index contributed by atoms with van der Waals surface area (Å²) in [6.07, 6.45) is 1.09. The molecule has 0 aromatic heterocycles. The van der Waals surface area contributed by atoms with Gasteiger partial charge in [-0.15, -0.1) is 0 Å². The Bertz CT molecular complexity index is 364. The quantitative estimate of drug-likeness (QED) is 0.876. The maximum absolute atomic E-state index is 13.7. The number of thioether (sulfide) groups is 1. The van der Waals surface area contributed by atoms with Gasteiger partial charge in [-0.05, 0) is 37.0 Å². The molecule has 1 aliphatic rings. The summed E-state index contributed by atoms with van der Waals surface area (Å²) in [5.74, 6) is 1.65. The molecule has 0 amide bonds. The summed E-state index contributed by atoms with van der Waals surface area (Å²) in [7, 11) is 1.83. The highest BCUT2D eigenvalue weighted by Crippen LogP contribution is 2.34. The predicted octanol–water partition coefficient (Wildman–Crippen LogP) is 2.98. The van der Waals surface area contributed by atoms with E-state index in [0.717, 1.165) is 24.0 Å². The van der Waals surface area contributed by atoms with E-state index in [1.165, 1.54) is 6.07 Å². The monoisotopic (exact) mass is 243 g/mol. The molecule has 2 rings (SSSR count). The van der Waals surface area contributed by atoms with Crippen LogP contribution in [0.25, 0.3) is 0 Å². The number of halogens is 2. The van der Waals surface area contributed by atoms with Crippen molar-refractivity contribution in [1.82, 2.24) is 5.32 Å². The summed E-state index contributed by atoms with van der Waals surface area (Å²) in [5, 5.41) is 3.14. The fourth-order valence-corrected chi connectivity index (χ4v) is 3.51. The van der Waals surface area contributed by atoms with Gasteiger partial charge in [0.05, 0.1) is 0 Å². The second-order valence-electron chi connectivity index (χ2n) is 4.06. The smallest absolute Gasteiger partial charge is 0.130 e. The summed E-state index contributed by atoms with van der Waals surface area (Å²) < 4.78 is 26.5. The molecule has 0 spiro atoms. The van der Waals surface area contributed by atoms with Crippen molar-refractivity contribution in [3.63, 3.8) is 0 Å². The van der Waals surface area contributed by atoms with Gasteiger partial charge in [-0.1, -0.05) is 6.07 Å². The van der Waals surface area contributed by atoms with E-state index < -0.39 is 11.6 Å². The standard InChI is InChI=1S/C12H15F2NS/c1-15-12(8-4-5-16-7-8)10-3-2-9(13)6-11(10)14/h2-3,6,8,12,15H,4-5,7H2,1H3. The van der Waals surface area contributed by atoms with E-state index in [-0.39, 0.29) is 6.04 Å². The average molecular weight is 243 g/mol. The third-order valence-corrected chi connectivity index (χ3v) is 4.23. The molecule has 0 aliphatic carbocycles. The van der Waals surface area contributed by atoms with Crippen molar-refractivity contribution in [3.05, 3.63) is 35.4 Å². The van der Waals surface area contributed by atoms with E-state index >= 15 is 0 Å². The summed E-state index contributed by atoms with van der Waals surface area (Å²) in [6, 6.07) is 3.83. The lowest BCUT2D eigenvalue weighted by Gasteiger charge is -2.23. The SMILES string of the molecule is CNC(c1ccc(F)cc1F)C1CCSC1. The van der Waals surface area contributed by atoms with Crippen molar-refractivity contribution in [2.45, 2.75) is 12.5 Å². The maximum Gasteiger partial charge on any atom is 0.130 e. The molecule has 16 heavy (non-hydrogen) atoms. The normalized spacial score (nSPS) is 22.3. The summed E-state index contributed by atoms with van der Waals surface area (Å²) in [6.45, 7) is 0. The van der Waals surface area contributed by atoms with Crippen LogP contribution in [0.3, 0.4) is 0 Å². The molecular weight excluding hydrogens is 228 g/mol. The minimum absolute atomic E-state index is 0.00407. The Balaban J connectivity index is 2.25. The largest absolute Gasteiger partial charge is 0.313 e. The van der Waals surface area contributed by atoms with Gasteiger partial charge >= 0.3 is 0 Å². The zero-order chi connectivity index (χ0) is 11.5. The molecule has 1 N–H and O–H groups in total. The van der Waals surface area contributed by atoms with Crippen LogP contribution in [0.4, 0.5) is 8.78 Å². The van der Waals surface area contributed by atoms with Crippen LogP contribution in [0, 0.1) is 17.6 Å². The van der Waals surface area contributed by atoms with Crippen LogP contribution < -0.4 is 5.32 Å². The third kappa shape index (κ3) is 2.38. The van der Waals surface area contributed by atoms with Crippen LogP contribution in [0.2, 0.25) is 0 Å². The second-order valence-corrected chi connectivity index (χ2v) is 5.21. The van der Waals surface area contributed by atoms with E-state index in [9.17, 15) is 8.78 Å². The van der Waals surface area contributed by atoms with E-state index in [1.54, 1.807) is 6.07 Å². The fourth-order valence-electron chi connectivity index (χ4n) is 2.21. The highest BCUT2D eigenvalue weighted by molar-refractivity contribution is 7.99. The second kappa shape index (κ2) is 5.15. The van der Waals surface area contributed by atoms with Crippen LogP contribution in [-0.2, 0) is 0 Å². The van der Waals surface area contributed by atoms with Gasteiger partial charge in [0.1, 0.15) is 11.6 Å². The lowest BCUT2D eigenvalue weighted by atomic mass is 9.92. The van der Waals surface area contributed by atoms with Crippen molar-refractivity contribution in [2.24, 2.45) is 5.92 Å². The summed E-state index contributed by atoms with van der Waals surface area (Å²) in [4.78, 5) is 0. The molecule has 4 heteroatoms. The number of hydrogen-bond donors (Lipinski definition) is 1. The van der Waals surface area contributed by atoms with E-state index in [4.69, 9.17) is 0 Å². The van der Waals surface area contributed by atoms with E-state index in [1.807, 2.05) is 18.8 Å². The number of benzene rings is 1. The lowest BCUT2D eigenvalue weighted by molar-refractivity contribution is 0.403. The van der Waals surface area contributed by atoms with Crippen LogP contribution in [-0.4, -0.2) is 18.6 Å². The molecule has 2 atom stereocenters. The minimum atomic E-state index is -0.517. The van der Waals surface area contributed by atoms with Crippen LogP contribution >= 0.6 is 11.8 Å². The first-order valence-electron chi connectivity index (χ1n) is 5.42. The molecule has 1 nitrogen and oxygen atoms in total. The Morgan fingerprint density at radius 1 is 1.44 bits per heavy atom. The van der Waals surface area contributed by atoms with Gasteiger partial charge in [-0.2, -0.15) is 11.8 Å². The Labute approximate surface area is 98.6 Å². The van der Waals surface area contributed by atoms with Crippen LogP contribution in [0.15, 0.2) is 18.2 Å². The average Bonchev–Trinajstić information content (AvgIpc) is 2.75. The number of hydrogen-bond acceptors (Lipinski definition) is 2. The molecule has 1 fully saturated rings.